The number of piperidine rings is 1. The van der Waals surface area contributed by atoms with Crippen LogP contribution in [0.5, 0.6) is 0 Å². The Hall–Kier alpha value is -0.830. The lowest BCUT2D eigenvalue weighted by Gasteiger charge is -2.28. The molecule has 1 heterocycles. The lowest BCUT2D eigenvalue weighted by molar-refractivity contribution is -0.117. The molecule has 2 unspecified atom stereocenters. The van der Waals surface area contributed by atoms with E-state index in [2.05, 4.69) is 17.6 Å². The van der Waals surface area contributed by atoms with Gasteiger partial charge in [0.15, 0.2) is 0 Å². The Morgan fingerprint density at radius 3 is 3.00 bits per heavy atom. The zero-order chi connectivity index (χ0) is 9.68. The van der Waals surface area contributed by atoms with Crippen molar-refractivity contribution in [1.29, 1.82) is 0 Å². The Morgan fingerprint density at radius 1 is 1.62 bits per heavy atom. The van der Waals surface area contributed by atoms with Crippen LogP contribution in [0.1, 0.15) is 26.7 Å². The number of hydrogen-bond acceptors (Lipinski definition) is 2. The molecule has 0 radical (unpaired) electrons. The molecule has 0 spiro atoms. The highest BCUT2D eigenvalue weighted by Gasteiger charge is 2.18. The third kappa shape index (κ3) is 3.59. The monoisotopic (exact) mass is 182 g/mol. The number of carbonyl (C=O) groups excluding carboxylic acids is 1. The molecule has 0 aromatic heterocycles. The molecular weight excluding hydrogens is 164 g/mol. The highest BCUT2D eigenvalue weighted by atomic mass is 16.1. The largest absolute Gasteiger partial charge is 0.350 e. The van der Waals surface area contributed by atoms with Gasteiger partial charge in [-0.05, 0) is 39.3 Å². The van der Waals surface area contributed by atoms with Crippen molar-refractivity contribution in [3.63, 3.8) is 0 Å². The second-order valence-corrected chi connectivity index (χ2v) is 3.59. The van der Waals surface area contributed by atoms with Gasteiger partial charge in [0.2, 0.25) is 5.91 Å². The molecule has 1 rings (SSSR count). The third-order valence-electron chi connectivity index (χ3n) is 2.29. The molecule has 13 heavy (non-hydrogen) atoms. The minimum Gasteiger partial charge on any atom is -0.350 e. The molecule has 3 nitrogen and oxygen atoms in total. The van der Waals surface area contributed by atoms with Crippen LogP contribution in [0.25, 0.3) is 0 Å². The van der Waals surface area contributed by atoms with Crippen LogP contribution in [0.2, 0.25) is 0 Å². The summed E-state index contributed by atoms with van der Waals surface area (Å²) in [6.07, 6.45) is 5.41. The van der Waals surface area contributed by atoms with Crippen LogP contribution < -0.4 is 10.6 Å². The van der Waals surface area contributed by atoms with E-state index in [1.54, 1.807) is 12.2 Å². The van der Waals surface area contributed by atoms with E-state index < -0.39 is 0 Å². The second kappa shape index (κ2) is 5.02. The number of carbonyl (C=O) groups is 1. The van der Waals surface area contributed by atoms with Crippen LogP contribution in [0.15, 0.2) is 12.2 Å². The molecule has 1 aliphatic heterocycles. The van der Waals surface area contributed by atoms with Crippen molar-refractivity contribution < 1.29 is 4.79 Å². The molecule has 0 aromatic rings. The lowest BCUT2D eigenvalue weighted by atomic mass is 10.0. The van der Waals surface area contributed by atoms with Gasteiger partial charge in [0, 0.05) is 12.1 Å². The van der Waals surface area contributed by atoms with Gasteiger partial charge in [-0.15, -0.1) is 0 Å². The Balaban J connectivity index is 2.31. The van der Waals surface area contributed by atoms with Gasteiger partial charge in [-0.3, -0.25) is 4.79 Å². The number of rotatable bonds is 2. The van der Waals surface area contributed by atoms with Crippen LogP contribution in [-0.4, -0.2) is 24.5 Å². The summed E-state index contributed by atoms with van der Waals surface area (Å²) in [7, 11) is 0. The first-order valence-corrected chi connectivity index (χ1v) is 4.89. The normalized spacial score (nSPS) is 29.1. The highest BCUT2D eigenvalue weighted by Crippen LogP contribution is 2.07. The molecule has 0 bridgehead atoms. The summed E-state index contributed by atoms with van der Waals surface area (Å²) in [5.74, 6) is 0.0293. The van der Waals surface area contributed by atoms with E-state index in [1.807, 2.05) is 6.92 Å². The molecule has 0 aromatic carbocycles. The summed E-state index contributed by atoms with van der Waals surface area (Å²) in [5, 5.41) is 6.33. The van der Waals surface area contributed by atoms with Gasteiger partial charge >= 0.3 is 0 Å². The van der Waals surface area contributed by atoms with Gasteiger partial charge in [0.05, 0.1) is 0 Å². The fourth-order valence-electron chi connectivity index (χ4n) is 1.66. The molecule has 3 heteroatoms. The molecule has 0 aliphatic carbocycles. The van der Waals surface area contributed by atoms with E-state index >= 15 is 0 Å². The molecule has 2 N–H and O–H groups in total. The summed E-state index contributed by atoms with van der Waals surface area (Å²) < 4.78 is 0. The average Bonchev–Trinajstić information content (AvgIpc) is 2.04. The van der Waals surface area contributed by atoms with E-state index in [0.717, 1.165) is 19.4 Å². The molecule has 2 atom stereocenters. The van der Waals surface area contributed by atoms with Gasteiger partial charge < -0.3 is 10.6 Å². The Morgan fingerprint density at radius 2 is 2.38 bits per heavy atom. The Kier molecular flexibility index (Phi) is 3.96. The zero-order valence-electron chi connectivity index (χ0n) is 8.34. The van der Waals surface area contributed by atoms with Crippen LogP contribution in [-0.2, 0) is 4.79 Å². The summed E-state index contributed by atoms with van der Waals surface area (Å²) in [5.41, 5.74) is 0. The van der Waals surface area contributed by atoms with Gasteiger partial charge in [-0.1, -0.05) is 6.08 Å². The first kappa shape index (κ1) is 10.3. The van der Waals surface area contributed by atoms with Gasteiger partial charge in [-0.2, -0.15) is 0 Å². The summed E-state index contributed by atoms with van der Waals surface area (Å²) in [6, 6.07) is 0.865. The average molecular weight is 182 g/mol. The second-order valence-electron chi connectivity index (χ2n) is 3.59. The molecule has 1 fully saturated rings. The number of allylic oxidation sites excluding steroid dienone is 1. The first-order valence-electron chi connectivity index (χ1n) is 4.89. The molecule has 0 saturated carbocycles. The fraction of sp³-hybridized carbons (Fsp3) is 0.700. The maximum Gasteiger partial charge on any atom is 0.243 e. The zero-order valence-corrected chi connectivity index (χ0v) is 8.34. The predicted octanol–water partition coefficient (Wildman–Crippen LogP) is 0.819. The standard InChI is InChI=1S/C10H18N2O/c1-3-4-10(13)12-9-5-6-11-8(2)7-9/h3-4,8-9,11H,5-7H2,1-2H3,(H,12,13)/b4-3+. The number of hydrogen-bond donors (Lipinski definition) is 2. The van der Waals surface area contributed by atoms with Crippen LogP contribution in [0.4, 0.5) is 0 Å². The first-order chi connectivity index (χ1) is 6.22. The summed E-state index contributed by atoms with van der Waals surface area (Å²) >= 11 is 0. The minimum atomic E-state index is 0.0293. The lowest BCUT2D eigenvalue weighted by Crippen LogP contribution is -2.46. The Bertz CT molecular complexity index is 201. The highest BCUT2D eigenvalue weighted by molar-refractivity contribution is 5.87. The summed E-state index contributed by atoms with van der Waals surface area (Å²) in [6.45, 7) is 5.00. The van der Waals surface area contributed by atoms with Crippen molar-refractivity contribution in [3.8, 4) is 0 Å². The van der Waals surface area contributed by atoms with E-state index in [-0.39, 0.29) is 5.91 Å². The van der Waals surface area contributed by atoms with Gasteiger partial charge in [0.1, 0.15) is 0 Å². The maximum absolute atomic E-state index is 11.2. The smallest absolute Gasteiger partial charge is 0.243 e. The molecule has 74 valence electrons. The predicted molar refractivity (Wildman–Crippen MR) is 53.4 cm³/mol. The Labute approximate surface area is 79.6 Å². The van der Waals surface area contributed by atoms with E-state index in [1.165, 1.54) is 0 Å². The van der Waals surface area contributed by atoms with E-state index in [4.69, 9.17) is 0 Å². The fourth-order valence-corrected chi connectivity index (χ4v) is 1.66. The topological polar surface area (TPSA) is 41.1 Å². The van der Waals surface area contributed by atoms with E-state index in [9.17, 15) is 4.79 Å². The van der Waals surface area contributed by atoms with Crippen molar-refractivity contribution >= 4 is 5.91 Å². The molecule has 1 saturated heterocycles. The molecule has 1 amide bonds. The molecule has 1 aliphatic rings. The van der Waals surface area contributed by atoms with E-state index in [0.29, 0.717) is 12.1 Å². The van der Waals surface area contributed by atoms with Crippen molar-refractivity contribution in [1.82, 2.24) is 10.6 Å². The minimum absolute atomic E-state index is 0.0293. The number of nitrogens with one attached hydrogen (secondary N) is 2. The van der Waals surface area contributed by atoms with Crippen LogP contribution in [0.3, 0.4) is 0 Å². The summed E-state index contributed by atoms with van der Waals surface area (Å²) in [4.78, 5) is 11.2. The van der Waals surface area contributed by atoms with Crippen molar-refractivity contribution in [3.05, 3.63) is 12.2 Å². The maximum atomic E-state index is 11.2. The van der Waals surface area contributed by atoms with Crippen molar-refractivity contribution in [2.45, 2.75) is 38.8 Å². The van der Waals surface area contributed by atoms with Crippen LogP contribution in [0, 0.1) is 0 Å². The molecular formula is C10H18N2O. The van der Waals surface area contributed by atoms with Crippen molar-refractivity contribution in [2.24, 2.45) is 0 Å². The SMILES string of the molecule is C/C=C/C(=O)NC1CCNC(C)C1. The van der Waals surface area contributed by atoms with Gasteiger partial charge in [-0.25, -0.2) is 0 Å². The van der Waals surface area contributed by atoms with Crippen LogP contribution >= 0.6 is 0 Å². The quantitative estimate of drug-likeness (QED) is 0.621. The van der Waals surface area contributed by atoms with Gasteiger partial charge in [0.25, 0.3) is 0 Å². The number of amides is 1. The van der Waals surface area contributed by atoms with Crippen molar-refractivity contribution in [2.75, 3.05) is 6.54 Å². The third-order valence-corrected chi connectivity index (χ3v) is 2.29.